The molecule has 9 heteroatoms. The molecule has 10 aromatic carbocycles. The van der Waals surface area contributed by atoms with Gasteiger partial charge in [-0.05, 0) is 101 Å². The normalized spacial score (nSPS) is 11.4. The quantitative estimate of drug-likeness (QED) is 0.129. The molecule has 6 aromatic heterocycles. The topological polar surface area (TPSA) is 85.2 Å². The van der Waals surface area contributed by atoms with Crippen molar-refractivity contribution in [1.29, 1.82) is 5.26 Å². The van der Waals surface area contributed by atoms with E-state index in [9.17, 15) is 5.26 Å². The average Bonchev–Trinajstić information content (AvgIpc) is 1.60. The molecule has 0 N–H and O–H groups in total. The van der Waals surface area contributed by atoms with E-state index in [-0.39, 0.29) is 11.1 Å². The Bertz CT molecular complexity index is 5150. The molecule has 90 heavy (non-hydrogen) atoms. The summed E-state index contributed by atoms with van der Waals surface area (Å²) in [6.07, 6.45) is 7.64. The third-order valence-electron chi connectivity index (χ3n) is 17.1. The van der Waals surface area contributed by atoms with Crippen molar-refractivity contribution in [2.45, 2.75) is 0 Å². The van der Waals surface area contributed by atoms with Crippen molar-refractivity contribution in [2.75, 3.05) is 0 Å². The van der Waals surface area contributed by atoms with E-state index in [1.807, 2.05) is 134 Å². The van der Waals surface area contributed by atoms with Crippen molar-refractivity contribution in [3.63, 3.8) is 0 Å². The summed E-state index contributed by atoms with van der Waals surface area (Å²) in [7, 11) is 0. The fraction of sp³-hybridized carbons (Fsp3) is 0. The second-order valence-corrected chi connectivity index (χ2v) is 22.4. The first-order chi connectivity index (χ1) is 44.3. The predicted molar refractivity (Wildman–Crippen MR) is 360 cm³/mol. The number of rotatable bonds is 11. The van der Waals surface area contributed by atoms with Crippen molar-refractivity contribution in [3.05, 3.63) is 315 Å². The van der Waals surface area contributed by atoms with E-state index >= 15 is 8.78 Å². The van der Waals surface area contributed by atoms with E-state index in [0.717, 1.165) is 139 Å². The number of halogens is 2. The lowest BCUT2D eigenvalue weighted by molar-refractivity contribution is 0.584. The van der Waals surface area contributed by atoms with Gasteiger partial charge in [-0.1, -0.05) is 194 Å². The zero-order valence-corrected chi connectivity index (χ0v) is 48.2. The Morgan fingerprint density at radius 3 is 0.833 bits per heavy atom. The summed E-state index contributed by atoms with van der Waals surface area (Å²) < 4.78 is 35.8. The van der Waals surface area contributed by atoms with Crippen molar-refractivity contribution < 1.29 is 8.78 Å². The Hall–Kier alpha value is -12.3. The van der Waals surface area contributed by atoms with E-state index in [1.165, 1.54) is 12.1 Å². The van der Waals surface area contributed by atoms with Gasteiger partial charge in [-0.3, -0.25) is 19.9 Å². The Morgan fingerprint density at radius 2 is 0.556 bits per heavy atom. The SMILES string of the molecule is N#Cc1cc(-n2c3cc(-c4ccc(-c5ccccc5)nc4)ccc3c3ccc(-c4ccc(-c5ccccc5)nc4)cc32)c(-n2c3cc(-c4ccc(-c5ccccc5)nc4)ccc3c3ccc(-c4ccc(-c5ccccc5)nc4)cc32)cc1-c1cc(F)cc(F)c1. The highest BCUT2D eigenvalue weighted by atomic mass is 19.1. The molecule has 0 aliphatic heterocycles. The Morgan fingerprint density at radius 1 is 0.267 bits per heavy atom. The molecular formula is C81H49F2N7. The van der Waals surface area contributed by atoms with Crippen LogP contribution in [0.5, 0.6) is 0 Å². The summed E-state index contributed by atoms with van der Waals surface area (Å²) >= 11 is 0. The molecule has 16 aromatic rings. The van der Waals surface area contributed by atoms with Gasteiger partial charge >= 0.3 is 0 Å². The van der Waals surface area contributed by atoms with Crippen molar-refractivity contribution >= 4 is 43.6 Å². The average molecular weight is 1160 g/mol. The molecule has 0 bridgehead atoms. The maximum atomic E-state index is 15.7. The first kappa shape index (κ1) is 53.2. The van der Waals surface area contributed by atoms with Crippen LogP contribution in [0.25, 0.3) is 156 Å². The minimum Gasteiger partial charge on any atom is -0.307 e. The molecule has 0 saturated heterocycles. The van der Waals surface area contributed by atoms with Crippen LogP contribution < -0.4 is 0 Å². The molecule has 16 rings (SSSR count). The summed E-state index contributed by atoms with van der Waals surface area (Å²) in [4.78, 5) is 19.8. The number of hydrogen-bond donors (Lipinski definition) is 0. The number of fused-ring (bicyclic) bond motifs is 6. The van der Waals surface area contributed by atoms with E-state index < -0.39 is 11.6 Å². The number of hydrogen-bond acceptors (Lipinski definition) is 5. The number of aromatic nitrogens is 6. The van der Waals surface area contributed by atoms with Gasteiger partial charge in [0, 0.05) is 102 Å². The number of nitrogens with zero attached hydrogens (tertiary/aromatic N) is 7. The van der Waals surface area contributed by atoms with Gasteiger partial charge in [0.2, 0.25) is 0 Å². The highest BCUT2D eigenvalue weighted by Crippen LogP contribution is 2.45. The van der Waals surface area contributed by atoms with Crippen molar-refractivity contribution in [3.8, 4) is 118 Å². The first-order valence-electron chi connectivity index (χ1n) is 29.6. The molecule has 0 amide bonds. The third kappa shape index (κ3) is 9.62. The lowest BCUT2D eigenvalue weighted by Crippen LogP contribution is -2.06. The Labute approximate surface area is 517 Å². The van der Waals surface area contributed by atoms with Gasteiger partial charge < -0.3 is 9.13 Å². The first-order valence-corrected chi connectivity index (χ1v) is 29.6. The van der Waals surface area contributed by atoms with Crippen molar-refractivity contribution in [2.24, 2.45) is 0 Å². The van der Waals surface area contributed by atoms with Gasteiger partial charge in [-0.25, -0.2) is 8.78 Å². The van der Waals surface area contributed by atoms with Crippen LogP contribution >= 0.6 is 0 Å². The molecule has 0 radical (unpaired) electrons. The summed E-state index contributed by atoms with van der Waals surface area (Å²) in [5.74, 6) is -1.52. The van der Waals surface area contributed by atoms with Crippen LogP contribution in [-0.4, -0.2) is 29.1 Å². The fourth-order valence-corrected chi connectivity index (χ4v) is 12.6. The van der Waals surface area contributed by atoms with Crippen molar-refractivity contribution in [1.82, 2.24) is 29.1 Å². The molecule has 422 valence electrons. The lowest BCUT2D eigenvalue weighted by Gasteiger charge is -2.20. The zero-order valence-electron chi connectivity index (χ0n) is 48.2. The van der Waals surface area contributed by atoms with Crippen LogP contribution in [0.4, 0.5) is 8.78 Å². The third-order valence-corrected chi connectivity index (χ3v) is 17.1. The van der Waals surface area contributed by atoms with E-state index in [2.05, 4.69) is 161 Å². The molecule has 0 aliphatic carbocycles. The largest absolute Gasteiger partial charge is 0.307 e. The number of pyridine rings is 4. The molecule has 0 aliphatic rings. The maximum absolute atomic E-state index is 15.7. The van der Waals surface area contributed by atoms with Crippen LogP contribution in [-0.2, 0) is 0 Å². The molecule has 0 fully saturated rings. The van der Waals surface area contributed by atoms with Gasteiger partial charge in [0.25, 0.3) is 0 Å². The van der Waals surface area contributed by atoms with Crippen LogP contribution in [0.1, 0.15) is 5.56 Å². The smallest absolute Gasteiger partial charge is 0.126 e. The van der Waals surface area contributed by atoms with Gasteiger partial charge in [0.1, 0.15) is 11.6 Å². The molecule has 6 heterocycles. The van der Waals surface area contributed by atoms with E-state index in [0.29, 0.717) is 16.9 Å². The van der Waals surface area contributed by atoms with E-state index in [1.54, 1.807) is 0 Å². The minimum absolute atomic E-state index is 0.220. The van der Waals surface area contributed by atoms with Crippen LogP contribution in [0.2, 0.25) is 0 Å². The summed E-state index contributed by atoms with van der Waals surface area (Å²) in [5, 5.41) is 15.3. The summed E-state index contributed by atoms with van der Waals surface area (Å²) in [5.41, 5.74) is 20.4. The number of nitriles is 1. The highest BCUT2D eigenvalue weighted by Gasteiger charge is 2.25. The van der Waals surface area contributed by atoms with Crippen LogP contribution in [0.3, 0.4) is 0 Å². The molecule has 0 saturated carbocycles. The molecular weight excluding hydrogens is 1110 g/mol. The van der Waals surface area contributed by atoms with Crippen LogP contribution in [0.15, 0.2) is 298 Å². The minimum atomic E-state index is -0.760. The van der Waals surface area contributed by atoms with Gasteiger partial charge in [0.05, 0.1) is 67.8 Å². The fourth-order valence-electron chi connectivity index (χ4n) is 12.6. The summed E-state index contributed by atoms with van der Waals surface area (Å²) in [6.45, 7) is 0. The van der Waals surface area contributed by atoms with Gasteiger partial charge in [-0.15, -0.1) is 0 Å². The Kier molecular flexibility index (Phi) is 13.2. The van der Waals surface area contributed by atoms with Gasteiger partial charge in [0.15, 0.2) is 0 Å². The number of benzene rings is 10. The lowest BCUT2D eigenvalue weighted by atomic mass is 9.97. The monoisotopic (exact) mass is 1160 g/mol. The van der Waals surface area contributed by atoms with E-state index in [4.69, 9.17) is 19.9 Å². The second kappa shape index (κ2) is 22.2. The molecule has 7 nitrogen and oxygen atoms in total. The maximum Gasteiger partial charge on any atom is 0.126 e. The highest BCUT2D eigenvalue weighted by molar-refractivity contribution is 6.14. The molecule has 0 atom stereocenters. The van der Waals surface area contributed by atoms with Crippen LogP contribution in [0, 0.1) is 23.0 Å². The second-order valence-electron chi connectivity index (χ2n) is 22.4. The Balaban J connectivity index is 0.983. The summed E-state index contributed by atoms with van der Waals surface area (Å²) in [6, 6.07) is 92.7. The zero-order chi connectivity index (χ0) is 60.2. The standard InChI is InChI=1S/C81H49F2N7/c82-65-37-63(38-66(83)44-65)71-45-81(90-78-41-57(61-27-35-74(87-49-61)53-17-9-3-10-18-53)23-31-69(78)70-32-24-58(42-79(70)90)62-28-36-75(88-50-62)54-19-11-4-12-20-54)80(43-64(71)46-84)89-76-39-55(59-25-33-72(85-47-59)51-13-5-1-6-14-51)21-29-67(76)68-30-22-56(40-77(68)89)60-26-34-73(86-48-60)52-15-7-2-8-16-52/h1-45,47-50H. The molecule has 0 spiro atoms. The predicted octanol–water partition coefficient (Wildman–Crippen LogP) is 20.6. The molecule has 0 unspecified atom stereocenters. The van der Waals surface area contributed by atoms with Gasteiger partial charge in [-0.2, -0.15) is 5.26 Å².